The van der Waals surface area contributed by atoms with Crippen molar-refractivity contribution in [3.8, 4) is 11.3 Å². The minimum absolute atomic E-state index is 0.198. The number of hydrogen-bond acceptors (Lipinski definition) is 3. The van der Waals surface area contributed by atoms with Crippen LogP contribution in [0.25, 0.3) is 11.3 Å². The Bertz CT molecular complexity index is 499. The quantitative estimate of drug-likeness (QED) is 0.575. The molecule has 0 saturated carbocycles. The summed E-state index contributed by atoms with van der Waals surface area (Å²) >= 11 is 5.68. The van der Waals surface area contributed by atoms with Crippen LogP contribution in [0, 0.1) is 0 Å². The average Bonchev–Trinajstić information content (AvgIpc) is 2.29. The van der Waals surface area contributed by atoms with E-state index in [1.165, 1.54) is 0 Å². The predicted molar refractivity (Wildman–Crippen MR) is 57.9 cm³/mol. The van der Waals surface area contributed by atoms with E-state index < -0.39 is 0 Å². The van der Waals surface area contributed by atoms with E-state index in [4.69, 9.17) is 11.6 Å². The first-order chi connectivity index (χ1) is 7.29. The molecule has 0 aliphatic heterocycles. The minimum Gasteiger partial charge on any atom is -0.298 e. The normalized spacial score (nSPS) is 9.93. The molecule has 1 aromatic carbocycles. The molecule has 74 valence electrons. The van der Waals surface area contributed by atoms with E-state index in [0.717, 1.165) is 11.8 Å². The number of benzene rings is 1. The monoisotopic (exact) mass is 218 g/mol. The molecule has 0 spiro atoms. The predicted octanol–water partition coefficient (Wildman–Crippen LogP) is 2.61. The highest BCUT2D eigenvalue weighted by molar-refractivity contribution is 6.28. The van der Waals surface area contributed by atoms with Crippen LogP contribution >= 0.6 is 11.6 Å². The lowest BCUT2D eigenvalue weighted by Crippen LogP contribution is -1.87. The zero-order valence-electron chi connectivity index (χ0n) is 7.72. The van der Waals surface area contributed by atoms with Crippen molar-refractivity contribution < 1.29 is 4.79 Å². The van der Waals surface area contributed by atoms with Gasteiger partial charge in [0.05, 0.1) is 5.69 Å². The summed E-state index contributed by atoms with van der Waals surface area (Å²) in [4.78, 5) is 18.4. The molecule has 0 amide bonds. The van der Waals surface area contributed by atoms with Crippen molar-refractivity contribution in [3.63, 3.8) is 0 Å². The molecule has 0 radical (unpaired) electrons. The molecule has 2 aromatic rings. The van der Waals surface area contributed by atoms with Gasteiger partial charge in [-0.05, 0) is 23.7 Å². The van der Waals surface area contributed by atoms with Gasteiger partial charge in [0.1, 0.15) is 6.29 Å². The molecule has 2 rings (SSSR count). The number of nitrogens with zero attached hydrogens (tertiary/aromatic N) is 2. The maximum absolute atomic E-state index is 10.6. The van der Waals surface area contributed by atoms with Crippen LogP contribution in [0.5, 0.6) is 0 Å². The van der Waals surface area contributed by atoms with E-state index in [0.29, 0.717) is 11.3 Å². The van der Waals surface area contributed by atoms with Crippen molar-refractivity contribution in [1.29, 1.82) is 0 Å². The smallest absolute Gasteiger partial charge is 0.222 e. The molecule has 0 aliphatic carbocycles. The Morgan fingerprint density at radius 3 is 2.87 bits per heavy atom. The van der Waals surface area contributed by atoms with Gasteiger partial charge in [-0.25, -0.2) is 9.97 Å². The molecule has 4 heteroatoms. The Labute approximate surface area is 91.8 Å². The number of hydrogen-bond donors (Lipinski definition) is 0. The number of carbonyl (C=O) groups excluding carboxylic acids is 1. The molecule has 0 atom stereocenters. The molecule has 0 bridgehead atoms. The lowest BCUT2D eigenvalue weighted by Gasteiger charge is -2.00. The largest absolute Gasteiger partial charge is 0.298 e. The molecule has 1 aromatic heterocycles. The number of rotatable bonds is 2. The fraction of sp³-hybridized carbons (Fsp3) is 0. The summed E-state index contributed by atoms with van der Waals surface area (Å²) in [5.41, 5.74) is 2.17. The lowest BCUT2D eigenvalue weighted by atomic mass is 10.1. The van der Waals surface area contributed by atoms with Crippen molar-refractivity contribution in [2.24, 2.45) is 0 Å². The van der Waals surface area contributed by atoms with Crippen molar-refractivity contribution >= 4 is 17.9 Å². The van der Waals surface area contributed by atoms with E-state index in [1.54, 1.807) is 30.5 Å². The third-order valence-corrected chi connectivity index (χ3v) is 2.13. The number of aldehydes is 1. The maximum atomic E-state index is 10.6. The Balaban J connectivity index is 2.49. The third kappa shape index (κ3) is 2.19. The second-order valence-corrected chi connectivity index (χ2v) is 3.29. The third-order valence-electron chi connectivity index (χ3n) is 1.94. The Morgan fingerprint density at radius 1 is 1.27 bits per heavy atom. The van der Waals surface area contributed by atoms with Gasteiger partial charge >= 0.3 is 0 Å². The first kappa shape index (κ1) is 9.80. The zero-order chi connectivity index (χ0) is 10.7. The highest BCUT2D eigenvalue weighted by atomic mass is 35.5. The fourth-order valence-corrected chi connectivity index (χ4v) is 1.41. The number of carbonyl (C=O) groups is 1. The molecule has 0 N–H and O–H groups in total. The zero-order valence-corrected chi connectivity index (χ0v) is 8.48. The summed E-state index contributed by atoms with van der Waals surface area (Å²) in [7, 11) is 0. The molecule has 0 aliphatic rings. The SMILES string of the molecule is O=Cc1cccc(-c2ccnc(Cl)n2)c1. The molecular weight excluding hydrogens is 212 g/mol. The second kappa shape index (κ2) is 4.19. The standard InChI is InChI=1S/C11H7ClN2O/c12-11-13-5-4-10(14-11)9-3-1-2-8(6-9)7-15/h1-7H. The topological polar surface area (TPSA) is 42.9 Å². The van der Waals surface area contributed by atoms with E-state index in [2.05, 4.69) is 9.97 Å². The van der Waals surface area contributed by atoms with Crippen LogP contribution in [-0.4, -0.2) is 16.3 Å². The van der Waals surface area contributed by atoms with Gasteiger partial charge < -0.3 is 0 Å². The van der Waals surface area contributed by atoms with Crippen LogP contribution in [0.15, 0.2) is 36.5 Å². The first-order valence-electron chi connectivity index (χ1n) is 4.34. The van der Waals surface area contributed by atoms with Gasteiger partial charge in [0.2, 0.25) is 5.28 Å². The van der Waals surface area contributed by atoms with E-state index in [1.807, 2.05) is 6.07 Å². The van der Waals surface area contributed by atoms with Crippen LogP contribution in [0.2, 0.25) is 5.28 Å². The lowest BCUT2D eigenvalue weighted by molar-refractivity contribution is 0.112. The average molecular weight is 219 g/mol. The van der Waals surface area contributed by atoms with Gasteiger partial charge in [-0.15, -0.1) is 0 Å². The highest BCUT2D eigenvalue weighted by Crippen LogP contribution is 2.18. The Kier molecular flexibility index (Phi) is 2.74. The summed E-state index contributed by atoms with van der Waals surface area (Å²) in [5, 5.41) is 0.198. The summed E-state index contributed by atoms with van der Waals surface area (Å²) in [6.07, 6.45) is 2.38. The summed E-state index contributed by atoms with van der Waals surface area (Å²) in [6.45, 7) is 0. The Hall–Kier alpha value is -1.74. The molecule has 15 heavy (non-hydrogen) atoms. The summed E-state index contributed by atoms with van der Waals surface area (Å²) in [5.74, 6) is 0. The second-order valence-electron chi connectivity index (χ2n) is 2.95. The van der Waals surface area contributed by atoms with Crippen LogP contribution in [0.4, 0.5) is 0 Å². The van der Waals surface area contributed by atoms with E-state index in [-0.39, 0.29) is 5.28 Å². The van der Waals surface area contributed by atoms with Crippen LogP contribution in [0.1, 0.15) is 10.4 Å². The number of aromatic nitrogens is 2. The maximum Gasteiger partial charge on any atom is 0.222 e. The molecule has 0 unspecified atom stereocenters. The molecule has 0 fully saturated rings. The van der Waals surface area contributed by atoms with Gasteiger partial charge in [-0.2, -0.15) is 0 Å². The van der Waals surface area contributed by atoms with Crippen molar-refractivity contribution in [1.82, 2.24) is 9.97 Å². The first-order valence-corrected chi connectivity index (χ1v) is 4.71. The van der Waals surface area contributed by atoms with Crippen LogP contribution < -0.4 is 0 Å². The van der Waals surface area contributed by atoms with E-state index >= 15 is 0 Å². The van der Waals surface area contributed by atoms with Crippen LogP contribution in [-0.2, 0) is 0 Å². The van der Waals surface area contributed by atoms with Gasteiger partial charge in [0.25, 0.3) is 0 Å². The Morgan fingerprint density at radius 2 is 2.13 bits per heavy atom. The van der Waals surface area contributed by atoms with Crippen molar-refractivity contribution in [2.75, 3.05) is 0 Å². The van der Waals surface area contributed by atoms with Crippen molar-refractivity contribution in [3.05, 3.63) is 47.4 Å². The van der Waals surface area contributed by atoms with Gasteiger partial charge in [-0.3, -0.25) is 4.79 Å². The highest BCUT2D eigenvalue weighted by Gasteiger charge is 2.01. The van der Waals surface area contributed by atoms with Gasteiger partial charge in [0, 0.05) is 17.3 Å². The van der Waals surface area contributed by atoms with Crippen LogP contribution in [0.3, 0.4) is 0 Å². The van der Waals surface area contributed by atoms with Gasteiger partial charge in [-0.1, -0.05) is 18.2 Å². The molecular formula is C11H7ClN2O. The van der Waals surface area contributed by atoms with Gasteiger partial charge in [0.15, 0.2) is 0 Å². The minimum atomic E-state index is 0.198. The molecule has 1 heterocycles. The van der Waals surface area contributed by atoms with E-state index in [9.17, 15) is 4.79 Å². The summed E-state index contributed by atoms with van der Waals surface area (Å²) in [6, 6.07) is 8.90. The molecule has 3 nitrogen and oxygen atoms in total. The summed E-state index contributed by atoms with van der Waals surface area (Å²) < 4.78 is 0. The molecule has 0 saturated heterocycles. The number of halogens is 1. The fourth-order valence-electron chi connectivity index (χ4n) is 1.27. The van der Waals surface area contributed by atoms with Crippen molar-refractivity contribution in [2.45, 2.75) is 0 Å².